The molecule has 1 unspecified atom stereocenters. The maximum absolute atomic E-state index is 12.6. The summed E-state index contributed by atoms with van der Waals surface area (Å²) in [4.78, 5) is 19.3. The number of imidazole rings is 1. The molecule has 7 heteroatoms. The number of likely N-dealkylation sites (N-methyl/N-ethyl adjacent to an activating group) is 1. The van der Waals surface area contributed by atoms with Crippen LogP contribution in [0.15, 0.2) is 52.4 Å². The zero-order valence-electron chi connectivity index (χ0n) is 14.2. The van der Waals surface area contributed by atoms with Gasteiger partial charge >= 0.3 is 0 Å². The molecule has 3 heterocycles. The van der Waals surface area contributed by atoms with Crippen molar-refractivity contribution in [2.24, 2.45) is 0 Å². The van der Waals surface area contributed by atoms with Crippen LogP contribution in [0.5, 0.6) is 0 Å². The number of rotatable bonds is 4. The topological polar surface area (TPSA) is 50.8 Å². The van der Waals surface area contributed by atoms with E-state index < -0.39 is 0 Å². The Morgan fingerprint density at radius 1 is 1.42 bits per heavy atom. The molecule has 0 saturated carbocycles. The third kappa shape index (κ3) is 2.91. The molecule has 0 N–H and O–H groups in total. The Labute approximate surface area is 159 Å². The highest BCUT2D eigenvalue weighted by atomic mass is 35.5. The van der Waals surface area contributed by atoms with Gasteiger partial charge in [0.05, 0.1) is 11.7 Å². The Morgan fingerprint density at radius 3 is 3.04 bits per heavy atom. The first-order chi connectivity index (χ1) is 12.5. The summed E-state index contributed by atoms with van der Waals surface area (Å²) in [6.45, 7) is 1.94. The Hall–Kier alpha value is -2.57. The van der Waals surface area contributed by atoms with E-state index in [1.54, 1.807) is 18.0 Å². The van der Waals surface area contributed by atoms with Crippen LogP contribution in [-0.2, 0) is 4.79 Å². The van der Waals surface area contributed by atoms with Gasteiger partial charge in [0.2, 0.25) is 5.91 Å². The maximum Gasteiger partial charge on any atom is 0.246 e. The van der Waals surface area contributed by atoms with Gasteiger partial charge in [0.15, 0.2) is 10.1 Å². The lowest BCUT2D eigenvalue weighted by Crippen LogP contribution is -2.27. The fourth-order valence-corrected chi connectivity index (χ4v) is 3.79. The first kappa shape index (κ1) is 16.9. The molecule has 0 saturated heterocycles. The molecule has 0 bridgehead atoms. The number of hydrogen-bond donors (Lipinski definition) is 0. The molecular formula is C19H16ClN3O2S. The summed E-state index contributed by atoms with van der Waals surface area (Å²) in [7, 11) is 1.75. The summed E-state index contributed by atoms with van der Waals surface area (Å²) < 4.78 is 7.73. The molecule has 26 heavy (non-hydrogen) atoms. The minimum atomic E-state index is -0.193. The largest absolute Gasteiger partial charge is 0.459 e. The molecular weight excluding hydrogens is 370 g/mol. The van der Waals surface area contributed by atoms with Crippen molar-refractivity contribution in [3.63, 3.8) is 0 Å². The molecule has 132 valence electrons. The van der Waals surface area contributed by atoms with Gasteiger partial charge in [-0.2, -0.15) is 0 Å². The molecule has 0 fully saturated rings. The number of para-hydroxylation sites is 1. The number of benzene rings is 1. The Kier molecular flexibility index (Phi) is 4.30. The van der Waals surface area contributed by atoms with E-state index in [-0.39, 0.29) is 11.9 Å². The van der Waals surface area contributed by atoms with Crippen molar-refractivity contribution in [3.05, 3.63) is 64.6 Å². The second-order valence-corrected chi connectivity index (χ2v) is 7.22. The van der Waals surface area contributed by atoms with Crippen molar-refractivity contribution < 1.29 is 9.21 Å². The smallest absolute Gasteiger partial charge is 0.246 e. The zero-order chi connectivity index (χ0) is 18.3. The first-order valence-electron chi connectivity index (χ1n) is 8.09. The minimum Gasteiger partial charge on any atom is -0.459 e. The summed E-state index contributed by atoms with van der Waals surface area (Å²) in [5.74, 6) is 0.609. The second kappa shape index (κ2) is 6.63. The van der Waals surface area contributed by atoms with Crippen molar-refractivity contribution in [2.45, 2.75) is 13.0 Å². The molecule has 5 nitrogen and oxygen atoms in total. The predicted molar refractivity (Wildman–Crippen MR) is 105 cm³/mol. The number of amides is 1. The number of fused-ring (bicyclic) bond motifs is 2. The molecule has 0 aliphatic heterocycles. The van der Waals surface area contributed by atoms with E-state index in [4.69, 9.17) is 16.0 Å². The minimum absolute atomic E-state index is 0.140. The molecule has 0 spiro atoms. The lowest BCUT2D eigenvalue weighted by atomic mass is 10.2. The molecule has 4 aromatic rings. The van der Waals surface area contributed by atoms with Crippen LogP contribution >= 0.6 is 22.9 Å². The molecule has 1 aromatic carbocycles. The van der Waals surface area contributed by atoms with Gasteiger partial charge in [0, 0.05) is 30.1 Å². The molecule has 3 aromatic heterocycles. The number of halogens is 1. The van der Waals surface area contributed by atoms with Crippen molar-refractivity contribution in [2.75, 3.05) is 7.05 Å². The van der Waals surface area contributed by atoms with Gasteiger partial charge < -0.3 is 9.32 Å². The summed E-state index contributed by atoms with van der Waals surface area (Å²) in [5, 5.41) is 3.33. The van der Waals surface area contributed by atoms with Gasteiger partial charge in [-0.3, -0.25) is 9.20 Å². The number of carbonyl (C=O) groups is 1. The van der Waals surface area contributed by atoms with Crippen molar-refractivity contribution in [3.8, 4) is 0 Å². The molecule has 4 rings (SSSR count). The zero-order valence-corrected chi connectivity index (χ0v) is 15.8. The van der Waals surface area contributed by atoms with Crippen LogP contribution in [0.2, 0.25) is 5.15 Å². The third-order valence-electron chi connectivity index (χ3n) is 4.42. The van der Waals surface area contributed by atoms with Crippen molar-refractivity contribution in [1.29, 1.82) is 0 Å². The van der Waals surface area contributed by atoms with Crippen LogP contribution < -0.4 is 0 Å². The van der Waals surface area contributed by atoms with Crippen molar-refractivity contribution >= 4 is 50.9 Å². The number of furan rings is 1. The number of thiazole rings is 1. The SMILES string of the molecule is CC(c1cc2ccccc2o1)N(C)C(=O)/C=C/c1c(Cl)nc2sccn12. The highest BCUT2D eigenvalue weighted by Crippen LogP contribution is 2.27. The molecule has 0 aliphatic rings. The number of hydrogen-bond acceptors (Lipinski definition) is 4. The predicted octanol–water partition coefficient (Wildman–Crippen LogP) is 5.03. The maximum atomic E-state index is 12.6. The standard InChI is InChI=1S/C19H16ClN3O2S/c1-12(16-11-13-5-3-4-6-15(13)25-16)22(2)17(24)8-7-14-18(20)21-19-23(14)9-10-26-19/h3-12H,1-2H3/b8-7+. The third-order valence-corrected chi connectivity index (χ3v) is 5.46. The molecule has 1 amide bonds. The van der Waals surface area contributed by atoms with Gasteiger partial charge in [-0.15, -0.1) is 11.3 Å². The summed E-state index contributed by atoms with van der Waals surface area (Å²) in [5.41, 5.74) is 1.51. The highest BCUT2D eigenvalue weighted by molar-refractivity contribution is 7.15. The lowest BCUT2D eigenvalue weighted by molar-refractivity contribution is -0.126. The summed E-state index contributed by atoms with van der Waals surface area (Å²) in [6, 6.07) is 9.58. The van der Waals surface area contributed by atoms with Crippen LogP contribution in [0.4, 0.5) is 0 Å². The molecule has 0 radical (unpaired) electrons. The van der Waals surface area contributed by atoms with E-state index in [2.05, 4.69) is 4.98 Å². The van der Waals surface area contributed by atoms with Crippen LogP contribution in [0.1, 0.15) is 24.4 Å². The second-order valence-electron chi connectivity index (χ2n) is 5.99. The quantitative estimate of drug-likeness (QED) is 0.463. The summed E-state index contributed by atoms with van der Waals surface area (Å²) in [6.07, 6.45) is 5.08. The van der Waals surface area contributed by atoms with Crippen LogP contribution in [-0.4, -0.2) is 27.2 Å². The molecule has 1 atom stereocenters. The van der Waals surface area contributed by atoms with Crippen LogP contribution in [0, 0.1) is 0 Å². The van der Waals surface area contributed by atoms with E-state index in [1.165, 1.54) is 17.4 Å². The van der Waals surface area contributed by atoms with Crippen molar-refractivity contribution in [1.82, 2.24) is 14.3 Å². The van der Waals surface area contributed by atoms with Gasteiger partial charge in [-0.05, 0) is 25.1 Å². The fourth-order valence-electron chi connectivity index (χ4n) is 2.78. The Morgan fingerprint density at radius 2 is 2.23 bits per heavy atom. The van der Waals surface area contributed by atoms with E-state index >= 15 is 0 Å². The highest BCUT2D eigenvalue weighted by Gasteiger charge is 2.19. The molecule has 0 aliphatic carbocycles. The van der Waals surface area contributed by atoms with E-state index in [0.717, 1.165) is 21.7 Å². The Balaban J connectivity index is 1.55. The summed E-state index contributed by atoms with van der Waals surface area (Å²) >= 11 is 7.65. The monoisotopic (exact) mass is 385 g/mol. The number of carbonyl (C=O) groups excluding carboxylic acids is 1. The average Bonchev–Trinajstić information content (AvgIpc) is 3.32. The van der Waals surface area contributed by atoms with Crippen LogP contribution in [0.25, 0.3) is 22.0 Å². The fraction of sp³-hybridized carbons (Fsp3) is 0.158. The van der Waals surface area contributed by atoms with Gasteiger partial charge in [0.1, 0.15) is 11.3 Å². The number of nitrogens with zero attached hydrogens (tertiary/aromatic N) is 3. The van der Waals surface area contributed by atoms with Gasteiger partial charge in [-0.1, -0.05) is 29.8 Å². The lowest BCUT2D eigenvalue weighted by Gasteiger charge is -2.21. The Bertz CT molecular complexity index is 1090. The first-order valence-corrected chi connectivity index (χ1v) is 9.35. The van der Waals surface area contributed by atoms with Gasteiger partial charge in [-0.25, -0.2) is 4.98 Å². The van der Waals surface area contributed by atoms with E-state index in [0.29, 0.717) is 10.8 Å². The van der Waals surface area contributed by atoms with Gasteiger partial charge in [0.25, 0.3) is 0 Å². The normalized spacial score (nSPS) is 13.0. The van der Waals surface area contributed by atoms with E-state index in [1.807, 2.05) is 53.2 Å². The average molecular weight is 386 g/mol. The number of aromatic nitrogens is 2. The van der Waals surface area contributed by atoms with E-state index in [9.17, 15) is 4.79 Å². The van der Waals surface area contributed by atoms with Crippen LogP contribution in [0.3, 0.4) is 0 Å².